The Balaban J connectivity index is 1.50. The van der Waals surface area contributed by atoms with Crippen molar-refractivity contribution in [3.05, 3.63) is 24.3 Å². The van der Waals surface area contributed by atoms with E-state index in [1.54, 1.807) is 0 Å². The molecule has 0 radical (unpaired) electrons. The fourth-order valence-corrected chi connectivity index (χ4v) is 2.49. The summed E-state index contributed by atoms with van der Waals surface area (Å²) in [4.78, 5) is 0. The van der Waals surface area contributed by atoms with Crippen molar-refractivity contribution in [1.29, 1.82) is 0 Å². The third-order valence-electron chi connectivity index (χ3n) is 3.50. The molecule has 4 nitrogen and oxygen atoms in total. The second-order valence-electron chi connectivity index (χ2n) is 4.95. The Morgan fingerprint density at radius 1 is 1.28 bits per heavy atom. The van der Waals surface area contributed by atoms with Crippen LogP contribution in [0, 0.1) is 0 Å². The molecule has 0 amide bonds. The van der Waals surface area contributed by atoms with E-state index in [1.165, 1.54) is 12.8 Å². The summed E-state index contributed by atoms with van der Waals surface area (Å²) >= 11 is 0. The van der Waals surface area contributed by atoms with Crippen LogP contribution in [-0.4, -0.2) is 38.4 Å². The Morgan fingerprint density at radius 3 is 3.00 bits per heavy atom. The largest absolute Gasteiger partial charge is 0.486 e. The maximum absolute atomic E-state index is 5.92. The minimum Gasteiger partial charge on any atom is -0.486 e. The fraction of sp³-hybridized carbons (Fsp3) is 0.571. The van der Waals surface area contributed by atoms with Gasteiger partial charge in [0, 0.05) is 19.1 Å². The molecule has 0 aliphatic carbocycles. The average molecular weight is 248 g/mol. The van der Waals surface area contributed by atoms with Crippen LogP contribution in [0.3, 0.4) is 0 Å². The van der Waals surface area contributed by atoms with Crippen molar-refractivity contribution in [3.8, 4) is 11.5 Å². The summed E-state index contributed by atoms with van der Waals surface area (Å²) in [5.41, 5.74) is 0. The molecule has 0 saturated carbocycles. The van der Waals surface area contributed by atoms with Crippen LogP contribution in [0.5, 0.6) is 11.5 Å². The van der Waals surface area contributed by atoms with E-state index in [0.717, 1.165) is 31.1 Å². The molecule has 2 atom stereocenters. The second kappa shape index (κ2) is 5.59. The predicted molar refractivity (Wildman–Crippen MR) is 70.2 cm³/mol. The van der Waals surface area contributed by atoms with Crippen molar-refractivity contribution in [1.82, 2.24) is 10.6 Å². The number of rotatable bonds is 3. The first-order valence-corrected chi connectivity index (χ1v) is 6.74. The zero-order valence-corrected chi connectivity index (χ0v) is 10.5. The lowest BCUT2D eigenvalue weighted by molar-refractivity contribution is 0.0873. The van der Waals surface area contributed by atoms with E-state index < -0.39 is 0 Å². The maximum Gasteiger partial charge on any atom is 0.161 e. The van der Waals surface area contributed by atoms with Gasteiger partial charge in [0.25, 0.3) is 0 Å². The third kappa shape index (κ3) is 2.76. The Labute approximate surface area is 108 Å². The molecule has 1 aromatic carbocycles. The molecule has 3 rings (SSSR count). The quantitative estimate of drug-likeness (QED) is 0.842. The standard InChI is InChI=1S/C14H20N2O2/c1-2-6-14-13(5-1)17-10-12(18-14)9-16-11-4-3-7-15-8-11/h1-2,5-6,11-12,15-16H,3-4,7-10H2. The Bertz CT molecular complexity index is 391. The van der Waals surface area contributed by atoms with E-state index in [0.29, 0.717) is 12.6 Å². The third-order valence-corrected chi connectivity index (χ3v) is 3.50. The van der Waals surface area contributed by atoms with Gasteiger partial charge in [0.2, 0.25) is 0 Å². The number of nitrogens with one attached hydrogen (secondary N) is 2. The maximum atomic E-state index is 5.92. The van der Waals surface area contributed by atoms with Gasteiger partial charge in [-0.2, -0.15) is 0 Å². The number of hydrogen-bond donors (Lipinski definition) is 2. The minimum atomic E-state index is 0.113. The van der Waals surface area contributed by atoms with Gasteiger partial charge in [-0.1, -0.05) is 12.1 Å². The van der Waals surface area contributed by atoms with E-state index >= 15 is 0 Å². The number of piperidine rings is 1. The van der Waals surface area contributed by atoms with Gasteiger partial charge in [0.15, 0.2) is 11.5 Å². The first-order chi connectivity index (χ1) is 8.92. The van der Waals surface area contributed by atoms with E-state index in [9.17, 15) is 0 Å². The smallest absolute Gasteiger partial charge is 0.161 e. The lowest BCUT2D eigenvalue weighted by Crippen LogP contribution is -2.48. The summed E-state index contributed by atoms with van der Waals surface area (Å²) in [6.45, 7) is 3.68. The van der Waals surface area contributed by atoms with Gasteiger partial charge in [-0.3, -0.25) is 0 Å². The lowest BCUT2D eigenvalue weighted by Gasteiger charge is -2.29. The molecule has 2 aliphatic rings. The molecular weight excluding hydrogens is 228 g/mol. The Kier molecular flexibility index (Phi) is 3.67. The number of fused-ring (bicyclic) bond motifs is 1. The zero-order valence-electron chi connectivity index (χ0n) is 10.5. The summed E-state index contributed by atoms with van der Waals surface area (Å²) in [5, 5.41) is 6.96. The summed E-state index contributed by atoms with van der Waals surface area (Å²) in [6, 6.07) is 8.42. The van der Waals surface area contributed by atoms with Crippen molar-refractivity contribution in [2.45, 2.75) is 25.0 Å². The Morgan fingerprint density at radius 2 is 2.17 bits per heavy atom. The van der Waals surface area contributed by atoms with Gasteiger partial charge in [0.1, 0.15) is 12.7 Å². The van der Waals surface area contributed by atoms with Gasteiger partial charge >= 0.3 is 0 Å². The molecule has 98 valence electrons. The SMILES string of the molecule is c1ccc2c(c1)OCC(CNC1CCCNC1)O2. The van der Waals surface area contributed by atoms with Crippen LogP contribution in [0.4, 0.5) is 0 Å². The van der Waals surface area contributed by atoms with Crippen molar-refractivity contribution in [3.63, 3.8) is 0 Å². The number of benzene rings is 1. The van der Waals surface area contributed by atoms with Crippen molar-refractivity contribution < 1.29 is 9.47 Å². The molecule has 0 aromatic heterocycles. The zero-order chi connectivity index (χ0) is 12.2. The fourth-order valence-electron chi connectivity index (χ4n) is 2.49. The molecule has 1 saturated heterocycles. The Hall–Kier alpha value is -1.26. The lowest BCUT2D eigenvalue weighted by atomic mass is 10.1. The highest BCUT2D eigenvalue weighted by molar-refractivity contribution is 5.40. The van der Waals surface area contributed by atoms with E-state index in [1.807, 2.05) is 24.3 Å². The van der Waals surface area contributed by atoms with Crippen molar-refractivity contribution in [2.75, 3.05) is 26.2 Å². The van der Waals surface area contributed by atoms with E-state index in [-0.39, 0.29) is 6.10 Å². The van der Waals surface area contributed by atoms with Crippen molar-refractivity contribution in [2.24, 2.45) is 0 Å². The summed E-state index contributed by atoms with van der Waals surface area (Å²) in [7, 11) is 0. The highest BCUT2D eigenvalue weighted by Gasteiger charge is 2.21. The normalized spacial score (nSPS) is 26.9. The number of hydrogen-bond acceptors (Lipinski definition) is 4. The highest BCUT2D eigenvalue weighted by Crippen LogP contribution is 2.30. The van der Waals surface area contributed by atoms with Crippen LogP contribution in [0.1, 0.15) is 12.8 Å². The molecule has 0 spiro atoms. The van der Waals surface area contributed by atoms with Crippen molar-refractivity contribution >= 4 is 0 Å². The summed E-state index contributed by atoms with van der Waals surface area (Å²) < 4.78 is 11.6. The average Bonchev–Trinajstić information content (AvgIpc) is 2.46. The number of ether oxygens (including phenoxy) is 2. The van der Waals surface area contributed by atoms with Crippen LogP contribution in [0.25, 0.3) is 0 Å². The molecular formula is C14H20N2O2. The molecule has 1 fully saturated rings. The van der Waals surface area contributed by atoms with Gasteiger partial charge in [-0.25, -0.2) is 0 Å². The molecule has 1 aromatic rings. The molecule has 2 heterocycles. The predicted octanol–water partition coefficient (Wildman–Crippen LogP) is 1.17. The van der Waals surface area contributed by atoms with Crippen LogP contribution in [0.15, 0.2) is 24.3 Å². The minimum absolute atomic E-state index is 0.113. The monoisotopic (exact) mass is 248 g/mol. The topological polar surface area (TPSA) is 42.5 Å². The van der Waals surface area contributed by atoms with Crippen LogP contribution >= 0.6 is 0 Å². The van der Waals surface area contributed by atoms with E-state index in [4.69, 9.17) is 9.47 Å². The molecule has 2 unspecified atom stereocenters. The molecule has 2 N–H and O–H groups in total. The van der Waals surface area contributed by atoms with Crippen LogP contribution in [0.2, 0.25) is 0 Å². The van der Waals surface area contributed by atoms with Crippen LogP contribution < -0.4 is 20.1 Å². The van der Waals surface area contributed by atoms with Gasteiger partial charge < -0.3 is 20.1 Å². The molecule has 2 aliphatic heterocycles. The van der Waals surface area contributed by atoms with Gasteiger partial charge in [-0.05, 0) is 31.5 Å². The highest BCUT2D eigenvalue weighted by atomic mass is 16.6. The first kappa shape index (κ1) is 11.8. The van der Waals surface area contributed by atoms with Gasteiger partial charge in [-0.15, -0.1) is 0 Å². The second-order valence-corrected chi connectivity index (χ2v) is 4.95. The van der Waals surface area contributed by atoms with Crippen LogP contribution in [-0.2, 0) is 0 Å². The van der Waals surface area contributed by atoms with Gasteiger partial charge in [0.05, 0.1) is 0 Å². The number of para-hydroxylation sites is 2. The molecule has 4 heteroatoms. The summed E-state index contributed by atoms with van der Waals surface area (Å²) in [5.74, 6) is 1.71. The molecule has 0 bridgehead atoms. The van der Waals surface area contributed by atoms with E-state index in [2.05, 4.69) is 10.6 Å². The summed E-state index contributed by atoms with van der Waals surface area (Å²) in [6.07, 6.45) is 2.61. The first-order valence-electron chi connectivity index (χ1n) is 6.74. The molecule has 18 heavy (non-hydrogen) atoms.